The van der Waals surface area contributed by atoms with Gasteiger partial charge in [0.05, 0.1) is 0 Å². The van der Waals surface area contributed by atoms with Crippen molar-refractivity contribution < 1.29 is 0 Å². The van der Waals surface area contributed by atoms with Crippen LogP contribution >= 0.6 is 0 Å². The number of benzene rings is 1. The summed E-state index contributed by atoms with van der Waals surface area (Å²) in [5.74, 6) is 0.869. The molecule has 0 aliphatic carbocycles. The van der Waals surface area contributed by atoms with Gasteiger partial charge in [-0.1, -0.05) is 63.4 Å². The van der Waals surface area contributed by atoms with Crippen molar-refractivity contribution in [2.75, 3.05) is 19.6 Å². The maximum Gasteiger partial charge on any atom is 0.0234 e. The first-order chi connectivity index (χ1) is 10.3. The molecule has 1 aromatic rings. The van der Waals surface area contributed by atoms with Gasteiger partial charge in [-0.3, -0.25) is 4.90 Å². The Balaban J connectivity index is 1.67. The van der Waals surface area contributed by atoms with Gasteiger partial charge >= 0.3 is 0 Å². The summed E-state index contributed by atoms with van der Waals surface area (Å²) in [6.07, 6.45) is 6.71. The van der Waals surface area contributed by atoms with Crippen LogP contribution in [0.1, 0.15) is 51.5 Å². The van der Waals surface area contributed by atoms with Crippen molar-refractivity contribution in [2.24, 2.45) is 5.92 Å². The Bertz CT molecular complexity index is 376. The first-order valence-electron chi connectivity index (χ1n) is 8.81. The Hall–Kier alpha value is -0.860. The summed E-state index contributed by atoms with van der Waals surface area (Å²) in [5.41, 5.74) is 1.44. The molecule has 1 aliphatic heterocycles. The number of unbranched alkanes of at least 4 members (excludes halogenated alkanes) is 1. The van der Waals surface area contributed by atoms with Crippen LogP contribution in [0.15, 0.2) is 30.3 Å². The molecule has 1 saturated heterocycles. The molecule has 0 saturated carbocycles. The summed E-state index contributed by atoms with van der Waals surface area (Å²) in [6.45, 7) is 9.38. The van der Waals surface area contributed by atoms with E-state index in [1.54, 1.807) is 0 Å². The number of hydrogen-bond acceptors (Lipinski definition) is 2. The summed E-state index contributed by atoms with van der Waals surface area (Å²) in [6, 6.07) is 11.5. The maximum absolute atomic E-state index is 3.82. The number of nitrogens with one attached hydrogen (secondary N) is 1. The normalized spacial score (nSPS) is 20.8. The molecule has 1 fully saturated rings. The van der Waals surface area contributed by atoms with Crippen LogP contribution in [0.5, 0.6) is 0 Å². The first-order valence-corrected chi connectivity index (χ1v) is 8.81. The average molecular weight is 288 g/mol. The van der Waals surface area contributed by atoms with Gasteiger partial charge in [-0.05, 0) is 30.9 Å². The van der Waals surface area contributed by atoms with Crippen LogP contribution in [0, 0.1) is 5.92 Å². The Morgan fingerprint density at radius 1 is 1.24 bits per heavy atom. The van der Waals surface area contributed by atoms with Gasteiger partial charge in [0.25, 0.3) is 0 Å². The van der Waals surface area contributed by atoms with E-state index in [1.165, 1.54) is 57.3 Å². The van der Waals surface area contributed by atoms with Gasteiger partial charge in [-0.2, -0.15) is 0 Å². The number of rotatable bonds is 9. The monoisotopic (exact) mass is 288 g/mol. The number of hydrogen-bond donors (Lipinski definition) is 1. The van der Waals surface area contributed by atoms with Gasteiger partial charge < -0.3 is 5.32 Å². The fourth-order valence-electron chi connectivity index (χ4n) is 3.26. The molecule has 2 heteroatoms. The Morgan fingerprint density at radius 3 is 2.76 bits per heavy atom. The maximum atomic E-state index is 3.82. The van der Waals surface area contributed by atoms with E-state index in [1.807, 2.05) is 0 Å². The molecule has 0 amide bonds. The zero-order chi connectivity index (χ0) is 14.9. The zero-order valence-corrected chi connectivity index (χ0v) is 13.9. The molecule has 0 aromatic heterocycles. The molecule has 21 heavy (non-hydrogen) atoms. The summed E-state index contributed by atoms with van der Waals surface area (Å²) in [7, 11) is 0. The summed E-state index contributed by atoms with van der Waals surface area (Å²) in [5, 5.41) is 3.82. The molecule has 1 N–H and O–H groups in total. The SMILES string of the molecule is CCCCC(CC)CNC1CCN(Cc2ccccc2)C1. The third-order valence-corrected chi connectivity index (χ3v) is 4.76. The zero-order valence-electron chi connectivity index (χ0n) is 13.9. The minimum absolute atomic E-state index is 0.699. The van der Waals surface area contributed by atoms with E-state index in [9.17, 15) is 0 Å². The summed E-state index contributed by atoms with van der Waals surface area (Å²) >= 11 is 0. The second-order valence-corrected chi connectivity index (χ2v) is 6.53. The Labute approximate surface area is 130 Å². The van der Waals surface area contributed by atoms with Crippen LogP contribution in [0.2, 0.25) is 0 Å². The quantitative estimate of drug-likeness (QED) is 0.737. The van der Waals surface area contributed by atoms with Crippen molar-refractivity contribution in [1.82, 2.24) is 10.2 Å². The van der Waals surface area contributed by atoms with Crippen LogP contribution in [0.3, 0.4) is 0 Å². The minimum atomic E-state index is 0.699. The molecule has 0 spiro atoms. The third-order valence-electron chi connectivity index (χ3n) is 4.76. The van der Waals surface area contributed by atoms with Gasteiger partial charge in [-0.25, -0.2) is 0 Å². The van der Waals surface area contributed by atoms with Crippen LogP contribution in [0.25, 0.3) is 0 Å². The van der Waals surface area contributed by atoms with E-state index in [0.717, 1.165) is 12.5 Å². The van der Waals surface area contributed by atoms with Gasteiger partial charge in [-0.15, -0.1) is 0 Å². The highest BCUT2D eigenvalue weighted by molar-refractivity contribution is 5.14. The molecule has 2 unspecified atom stereocenters. The molecule has 2 atom stereocenters. The molecule has 2 nitrogen and oxygen atoms in total. The van der Waals surface area contributed by atoms with Gasteiger partial charge in [0, 0.05) is 25.7 Å². The fraction of sp³-hybridized carbons (Fsp3) is 0.684. The highest BCUT2D eigenvalue weighted by Gasteiger charge is 2.22. The molecular weight excluding hydrogens is 256 g/mol. The molecule has 2 rings (SSSR count). The number of nitrogens with zero attached hydrogens (tertiary/aromatic N) is 1. The lowest BCUT2D eigenvalue weighted by molar-refractivity contribution is 0.314. The summed E-state index contributed by atoms with van der Waals surface area (Å²) in [4.78, 5) is 2.58. The fourth-order valence-corrected chi connectivity index (χ4v) is 3.26. The minimum Gasteiger partial charge on any atom is -0.312 e. The molecule has 0 radical (unpaired) electrons. The van der Waals surface area contributed by atoms with Crippen molar-refractivity contribution in [3.05, 3.63) is 35.9 Å². The van der Waals surface area contributed by atoms with Crippen molar-refractivity contribution >= 4 is 0 Å². The smallest absolute Gasteiger partial charge is 0.0234 e. The van der Waals surface area contributed by atoms with E-state index in [4.69, 9.17) is 0 Å². The molecule has 0 bridgehead atoms. The summed E-state index contributed by atoms with van der Waals surface area (Å²) < 4.78 is 0. The van der Waals surface area contributed by atoms with Crippen molar-refractivity contribution in [1.29, 1.82) is 0 Å². The second kappa shape index (κ2) is 9.22. The molecular formula is C19H32N2. The highest BCUT2D eigenvalue weighted by atomic mass is 15.2. The van der Waals surface area contributed by atoms with Gasteiger partial charge in [0.2, 0.25) is 0 Å². The molecule has 1 aliphatic rings. The topological polar surface area (TPSA) is 15.3 Å². The largest absolute Gasteiger partial charge is 0.312 e. The van der Waals surface area contributed by atoms with Crippen molar-refractivity contribution in [2.45, 2.75) is 58.5 Å². The van der Waals surface area contributed by atoms with Gasteiger partial charge in [0.15, 0.2) is 0 Å². The van der Waals surface area contributed by atoms with Crippen molar-refractivity contribution in [3.8, 4) is 0 Å². The van der Waals surface area contributed by atoms with E-state index in [2.05, 4.69) is 54.4 Å². The Kier molecular flexibility index (Phi) is 7.25. The van der Waals surface area contributed by atoms with Crippen LogP contribution in [0.4, 0.5) is 0 Å². The standard InChI is InChI=1S/C19H32N2/c1-3-5-9-17(4-2)14-20-19-12-13-21(16-19)15-18-10-7-6-8-11-18/h6-8,10-11,17,19-20H,3-5,9,12-16H2,1-2H3. The lowest BCUT2D eigenvalue weighted by Gasteiger charge is -2.20. The highest BCUT2D eigenvalue weighted by Crippen LogP contribution is 2.16. The van der Waals surface area contributed by atoms with E-state index < -0.39 is 0 Å². The Morgan fingerprint density at radius 2 is 2.05 bits per heavy atom. The van der Waals surface area contributed by atoms with Gasteiger partial charge in [0.1, 0.15) is 0 Å². The molecule has 118 valence electrons. The lowest BCUT2D eigenvalue weighted by Crippen LogP contribution is -2.35. The second-order valence-electron chi connectivity index (χ2n) is 6.53. The predicted octanol–water partition coefficient (Wildman–Crippen LogP) is 4.07. The van der Waals surface area contributed by atoms with Crippen molar-refractivity contribution in [3.63, 3.8) is 0 Å². The molecule has 1 aromatic carbocycles. The van der Waals surface area contributed by atoms with Crippen LogP contribution in [-0.4, -0.2) is 30.6 Å². The third kappa shape index (κ3) is 5.80. The average Bonchev–Trinajstić information content (AvgIpc) is 2.96. The van der Waals surface area contributed by atoms with E-state index >= 15 is 0 Å². The lowest BCUT2D eigenvalue weighted by atomic mass is 9.99. The van der Waals surface area contributed by atoms with E-state index in [0.29, 0.717) is 6.04 Å². The first kappa shape index (κ1) is 16.5. The van der Waals surface area contributed by atoms with Crippen LogP contribution in [-0.2, 0) is 6.54 Å². The number of likely N-dealkylation sites (tertiary alicyclic amines) is 1. The van der Waals surface area contributed by atoms with E-state index in [-0.39, 0.29) is 0 Å². The van der Waals surface area contributed by atoms with Crippen LogP contribution < -0.4 is 5.32 Å². The molecule has 1 heterocycles. The predicted molar refractivity (Wildman–Crippen MR) is 91.4 cm³/mol.